The topological polar surface area (TPSA) is 90.3 Å². The van der Waals surface area contributed by atoms with Crippen molar-refractivity contribution < 1.29 is 18.7 Å². The molecular weight excluding hydrogens is 521 g/mol. The number of piperidine rings is 1. The maximum absolute atomic E-state index is 15.4. The lowest BCUT2D eigenvalue weighted by atomic mass is 10.0. The summed E-state index contributed by atoms with van der Waals surface area (Å²) in [6.45, 7) is 7.72. The van der Waals surface area contributed by atoms with Gasteiger partial charge in [-0.25, -0.2) is 4.39 Å². The molecule has 8 nitrogen and oxygen atoms in total. The van der Waals surface area contributed by atoms with Crippen LogP contribution in [0.5, 0.6) is 17.2 Å². The van der Waals surface area contributed by atoms with Gasteiger partial charge < -0.3 is 20.1 Å². The molecule has 2 N–H and O–H groups in total. The molecule has 2 aromatic carbocycles. The molecule has 9 heteroatoms. The van der Waals surface area contributed by atoms with Crippen LogP contribution in [0.1, 0.15) is 57.6 Å². The molecule has 6 rings (SSSR count). The number of hydrogen-bond donors (Lipinski definition) is 2. The molecule has 0 radical (unpaired) electrons. The molecule has 0 saturated carbocycles. The zero-order chi connectivity index (χ0) is 28.7. The van der Waals surface area contributed by atoms with Crippen LogP contribution in [0.4, 0.5) is 10.1 Å². The summed E-state index contributed by atoms with van der Waals surface area (Å²) in [5.74, 6) is 0.936. The molecule has 214 valence electrons. The van der Waals surface area contributed by atoms with Crippen LogP contribution >= 0.6 is 0 Å². The van der Waals surface area contributed by atoms with Crippen molar-refractivity contribution >= 4 is 22.5 Å². The van der Waals surface area contributed by atoms with Crippen molar-refractivity contribution in [3.63, 3.8) is 0 Å². The van der Waals surface area contributed by atoms with Crippen molar-refractivity contribution in [3.8, 4) is 17.2 Å². The van der Waals surface area contributed by atoms with Crippen molar-refractivity contribution in [2.75, 3.05) is 5.32 Å². The van der Waals surface area contributed by atoms with Crippen LogP contribution in [0, 0.1) is 12.7 Å². The van der Waals surface area contributed by atoms with E-state index in [1.807, 2.05) is 39.0 Å². The third-order valence-corrected chi connectivity index (χ3v) is 7.95. The van der Waals surface area contributed by atoms with Gasteiger partial charge in [0.2, 0.25) is 5.91 Å². The lowest BCUT2D eigenvalue weighted by Crippen LogP contribution is -2.42. The van der Waals surface area contributed by atoms with E-state index in [2.05, 4.69) is 20.7 Å². The fourth-order valence-corrected chi connectivity index (χ4v) is 5.78. The number of aromatic nitrogens is 3. The molecule has 2 saturated heterocycles. The van der Waals surface area contributed by atoms with Gasteiger partial charge in [0.15, 0.2) is 0 Å². The first-order valence-electron chi connectivity index (χ1n) is 14.2. The Morgan fingerprint density at radius 3 is 2.63 bits per heavy atom. The first-order chi connectivity index (χ1) is 19.6. The van der Waals surface area contributed by atoms with Crippen LogP contribution in [0.2, 0.25) is 0 Å². The van der Waals surface area contributed by atoms with Crippen LogP contribution in [0.3, 0.4) is 0 Å². The van der Waals surface area contributed by atoms with Gasteiger partial charge in [-0.1, -0.05) is 6.07 Å². The van der Waals surface area contributed by atoms with Crippen LogP contribution in [0.25, 0.3) is 10.9 Å². The fraction of sp³-hybridized carbons (Fsp3) is 0.406. The number of fused-ring (bicyclic) bond motifs is 3. The van der Waals surface area contributed by atoms with Crippen LogP contribution in [-0.2, 0) is 16.8 Å². The lowest BCUT2D eigenvalue weighted by Gasteiger charge is -2.29. The summed E-state index contributed by atoms with van der Waals surface area (Å²) in [7, 11) is 0. The second-order valence-electron chi connectivity index (χ2n) is 12.2. The van der Waals surface area contributed by atoms with Crippen molar-refractivity contribution in [1.29, 1.82) is 0 Å². The average molecular weight is 558 g/mol. The zero-order valence-corrected chi connectivity index (χ0v) is 23.9. The highest BCUT2D eigenvalue weighted by Crippen LogP contribution is 2.36. The van der Waals surface area contributed by atoms with E-state index >= 15 is 4.39 Å². The number of pyridine rings is 1. The van der Waals surface area contributed by atoms with E-state index in [1.54, 1.807) is 48.4 Å². The molecular formula is C32H36FN5O3. The monoisotopic (exact) mass is 557 g/mol. The molecule has 0 aliphatic carbocycles. The summed E-state index contributed by atoms with van der Waals surface area (Å²) in [6, 6.07) is 12.0. The van der Waals surface area contributed by atoms with Gasteiger partial charge in [0, 0.05) is 35.4 Å². The van der Waals surface area contributed by atoms with Crippen molar-refractivity contribution in [2.45, 2.75) is 83.5 Å². The Morgan fingerprint density at radius 1 is 1.12 bits per heavy atom. The number of rotatable bonds is 7. The van der Waals surface area contributed by atoms with Gasteiger partial charge in [0.05, 0.1) is 29.4 Å². The number of hydrogen-bond acceptors (Lipinski definition) is 6. The summed E-state index contributed by atoms with van der Waals surface area (Å²) in [4.78, 5) is 17.1. The minimum atomic E-state index is -0.467. The normalized spacial score (nSPS) is 20.3. The van der Waals surface area contributed by atoms with E-state index in [0.29, 0.717) is 40.4 Å². The van der Waals surface area contributed by atoms with E-state index in [9.17, 15) is 4.79 Å². The highest BCUT2D eigenvalue weighted by Gasteiger charge is 2.34. The van der Waals surface area contributed by atoms with E-state index in [4.69, 9.17) is 9.47 Å². The number of ether oxygens (including phenoxy) is 2. The van der Waals surface area contributed by atoms with Gasteiger partial charge in [0.25, 0.3) is 0 Å². The summed E-state index contributed by atoms with van der Waals surface area (Å²) >= 11 is 0. The number of nitrogens with zero attached hydrogens (tertiary/aromatic N) is 3. The third-order valence-electron chi connectivity index (χ3n) is 7.95. The van der Waals surface area contributed by atoms with Crippen LogP contribution in [-0.4, -0.2) is 38.9 Å². The van der Waals surface area contributed by atoms with E-state index in [0.717, 1.165) is 29.5 Å². The van der Waals surface area contributed by atoms with Gasteiger partial charge in [-0.05, 0) is 89.3 Å². The first kappa shape index (κ1) is 27.2. The zero-order valence-electron chi connectivity index (χ0n) is 23.9. The van der Waals surface area contributed by atoms with Crippen LogP contribution < -0.4 is 20.1 Å². The maximum atomic E-state index is 15.4. The van der Waals surface area contributed by atoms with Crippen molar-refractivity contribution in [1.82, 2.24) is 20.1 Å². The molecule has 41 heavy (non-hydrogen) atoms. The molecule has 2 aliphatic rings. The Morgan fingerprint density at radius 2 is 1.90 bits per heavy atom. The van der Waals surface area contributed by atoms with Gasteiger partial charge >= 0.3 is 0 Å². The minimum absolute atomic E-state index is 0.106. The fourth-order valence-electron chi connectivity index (χ4n) is 5.78. The lowest BCUT2D eigenvalue weighted by molar-refractivity contribution is -0.115. The van der Waals surface area contributed by atoms with Gasteiger partial charge in [-0.15, -0.1) is 0 Å². The summed E-state index contributed by atoms with van der Waals surface area (Å²) in [6.07, 6.45) is 9.56. The van der Waals surface area contributed by atoms with E-state index in [-0.39, 0.29) is 24.0 Å². The number of anilines is 1. The summed E-state index contributed by atoms with van der Waals surface area (Å²) < 4.78 is 29.8. The SMILES string of the molecule is Cc1c(Oc2ccnc3ccc(O[C@H]4CC5CC[C@@H](C4)N5)cc23)ccc(CC(=O)Nc2cnn(C(C)(C)C)c2)c1F. The predicted octanol–water partition coefficient (Wildman–Crippen LogP) is 6.27. The summed E-state index contributed by atoms with van der Waals surface area (Å²) in [5.41, 5.74) is 1.76. The Hall–Kier alpha value is -3.98. The van der Waals surface area contributed by atoms with Gasteiger partial charge in [-0.2, -0.15) is 5.10 Å². The second kappa shape index (κ2) is 10.8. The molecule has 4 heterocycles. The molecule has 2 aliphatic heterocycles. The standard InChI is InChI=1S/C32H36FN5O3/c1-19-28(10-5-20(31(19)33)13-30(39)37-23-17-35-38(18-23)32(2,3)4)41-29-11-12-34-27-9-8-24(16-26(27)29)40-25-14-21-6-7-22(15-25)36-21/h5,8-12,16-18,21-22,25,36H,6-7,13-15H2,1-4H3,(H,37,39)/t21-,22?,25+/m0/s1. The molecule has 2 aromatic heterocycles. The maximum Gasteiger partial charge on any atom is 0.228 e. The molecule has 1 amide bonds. The van der Waals surface area contributed by atoms with Gasteiger partial charge in [0.1, 0.15) is 29.2 Å². The minimum Gasteiger partial charge on any atom is -0.490 e. The van der Waals surface area contributed by atoms with E-state index in [1.165, 1.54) is 12.8 Å². The number of carbonyl (C=O) groups is 1. The Balaban J connectivity index is 1.16. The number of halogens is 1. The smallest absolute Gasteiger partial charge is 0.228 e. The predicted molar refractivity (Wildman–Crippen MR) is 156 cm³/mol. The Kier molecular flexibility index (Phi) is 7.15. The Bertz CT molecular complexity index is 1580. The number of benzene rings is 2. The van der Waals surface area contributed by atoms with E-state index < -0.39 is 5.82 Å². The Labute approximate surface area is 239 Å². The molecule has 1 unspecified atom stereocenters. The number of amides is 1. The molecule has 2 fully saturated rings. The van der Waals surface area contributed by atoms with Crippen molar-refractivity contribution in [3.05, 3.63) is 71.9 Å². The largest absolute Gasteiger partial charge is 0.490 e. The molecule has 0 spiro atoms. The second-order valence-corrected chi connectivity index (χ2v) is 12.2. The van der Waals surface area contributed by atoms with Crippen LogP contribution in [0.15, 0.2) is 55.0 Å². The number of nitrogens with one attached hydrogen (secondary N) is 2. The summed E-state index contributed by atoms with van der Waals surface area (Å²) in [5, 5.41) is 11.5. The average Bonchev–Trinajstić information content (AvgIpc) is 3.54. The highest BCUT2D eigenvalue weighted by molar-refractivity contribution is 5.92. The number of carbonyl (C=O) groups excluding carboxylic acids is 1. The molecule has 3 atom stereocenters. The quantitative estimate of drug-likeness (QED) is 0.278. The molecule has 4 aromatic rings. The highest BCUT2D eigenvalue weighted by atomic mass is 19.1. The van der Waals surface area contributed by atoms with Gasteiger partial charge in [-0.3, -0.25) is 14.5 Å². The molecule has 2 bridgehead atoms. The first-order valence-corrected chi connectivity index (χ1v) is 14.2. The van der Waals surface area contributed by atoms with Crippen molar-refractivity contribution in [2.24, 2.45) is 0 Å². The third kappa shape index (κ3) is 5.91.